The second kappa shape index (κ2) is 15.1. The van der Waals surface area contributed by atoms with Gasteiger partial charge in [0.25, 0.3) is 0 Å². The van der Waals surface area contributed by atoms with Crippen LogP contribution >= 0.6 is 0 Å². The molecule has 0 aromatic heterocycles. The maximum absolute atomic E-state index is 2.52. The van der Waals surface area contributed by atoms with Gasteiger partial charge < -0.3 is 9.80 Å². The van der Waals surface area contributed by atoms with Crippen LogP contribution in [0, 0.1) is 0 Å². The van der Waals surface area contributed by atoms with E-state index in [1.54, 1.807) is 0 Å². The predicted molar refractivity (Wildman–Crippen MR) is 266 cm³/mol. The summed E-state index contributed by atoms with van der Waals surface area (Å²) in [5.41, 5.74) is 13.7. The summed E-state index contributed by atoms with van der Waals surface area (Å²) in [6.45, 7) is 0. The molecule has 1 aliphatic carbocycles. The van der Waals surface area contributed by atoms with E-state index in [-0.39, 0.29) is 0 Å². The van der Waals surface area contributed by atoms with Crippen molar-refractivity contribution in [3.63, 3.8) is 0 Å². The third kappa shape index (κ3) is 5.95. The monoisotopic (exact) mass is 802 g/mol. The lowest BCUT2D eigenvalue weighted by molar-refractivity contribution is 0.769. The lowest BCUT2D eigenvalue weighted by Crippen LogP contribution is -2.28. The van der Waals surface area contributed by atoms with E-state index >= 15 is 0 Å². The summed E-state index contributed by atoms with van der Waals surface area (Å²) in [6.07, 6.45) is 0. The van der Waals surface area contributed by atoms with Crippen molar-refractivity contribution in [3.05, 3.63) is 277 Å². The molecule has 296 valence electrons. The molecule has 0 saturated carbocycles. The number of benzene rings is 11. The van der Waals surface area contributed by atoms with E-state index < -0.39 is 5.41 Å². The van der Waals surface area contributed by atoms with Crippen molar-refractivity contribution in [2.24, 2.45) is 0 Å². The lowest BCUT2D eigenvalue weighted by atomic mass is 9.67. The molecule has 0 atom stereocenters. The number of hydrogen-bond donors (Lipinski definition) is 0. The maximum atomic E-state index is 2.52. The minimum Gasteiger partial charge on any atom is -0.310 e. The van der Waals surface area contributed by atoms with Crippen molar-refractivity contribution < 1.29 is 0 Å². The lowest BCUT2D eigenvalue weighted by Gasteiger charge is -2.34. The Morgan fingerprint density at radius 1 is 0.254 bits per heavy atom. The first-order valence-corrected chi connectivity index (χ1v) is 21.8. The van der Waals surface area contributed by atoms with E-state index in [0.717, 1.165) is 34.1 Å². The van der Waals surface area contributed by atoms with Gasteiger partial charge in [0.15, 0.2) is 0 Å². The van der Waals surface area contributed by atoms with Gasteiger partial charge >= 0.3 is 0 Å². The first-order chi connectivity index (χ1) is 31.3. The zero-order valence-corrected chi connectivity index (χ0v) is 34.6. The van der Waals surface area contributed by atoms with Crippen molar-refractivity contribution in [3.8, 4) is 11.1 Å². The molecule has 0 bridgehead atoms. The molecule has 63 heavy (non-hydrogen) atoms. The number of hydrogen-bond acceptors (Lipinski definition) is 2. The van der Waals surface area contributed by atoms with Crippen molar-refractivity contribution in [2.75, 3.05) is 9.80 Å². The fourth-order valence-corrected chi connectivity index (χ4v) is 10.3. The zero-order chi connectivity index (χ0) is 41.7. The molecule has 0 N–H and O–H groups in total. The van der Waals surface area contributed by atoms with Crippen LogP contribution in [0.5, 0.6) is 0 Å². The van der Waals surface area contributed by atoms with Gasteiger partial charge in [-0.15, -0.1) is 0 Å². The van der Waals surface area contributed by atoms with Gasteiger partial charge in [-0.25, -0.2) is 0 Å². The van der Waals surface area contributed by atoms with Crippen LogP contribution in [0.4, 0.5) is 34.1 Å². The summed E-state index contributed by atoms with van der Waals surface area (Å²) in [6, 6.07) is 93.4. The number of anilines is 6. The van der Waals surface area contributed by atoms with Crippen molar-refractivity contribution in [1.29, 1.82) is 0 Å². The molecule has 2 nitrogen and oxygen atoms in total. The highest BCUT2D eigenvalue weighted by Crippen LogP contribution is 2.58. The molecule has 0 aliphatic heterocycles. The van der Waals surface area contributed by atoms with Crippen LogP contribution in [0.2, 0.25) is 0 Å². The van der Waals surface area contributed by atoms with E-state index in [2.05, 4.69) is 265 Å². The quantitative estimate of drug-likeness (QED) is 0.141. The van der Waals surface area contributed by atoms with Crippen molar-refractivity contribution >= 4 is 66.4 Å². The molecular weight excluding hydrogens is 761 g/mol. The minimum atomic E-state index is -0.503. The highest BCUT2D eigenvalue weighted by atomic mass is 15.2. The zero-order valence-electron chi connectivity index (χ0n) is 34.6. The van der Waals surface area contributed by atoms with Gasteiger partial charge in [-0.3, -0.25) is 0 Å². The number of fused-ring (bicyclic) bond motifs is 7. The average Bonchev–Trinajstić information content (AvgIpc) is 3.65. The number of rotatable bonds is 8. The van der Waals surface area contributed by atoms with E-state index in [1.165, 1.54) is 65.7 Å². The van der Waals surface area contributed by atoms with Gasteiger partial charge in [0, 0.05) is 33.8 Å². The van der Waals surface area contributed by atoms with Crippen LogP contribution in [-0.2, 0) is 5.41 Å². The van der Waals surface area contributed by atoms with E-state index in [4.69, 9.17) is 0 Å². The highest BCUT2D eigenvalue weighted by Gasteiger charge is 2.46. The average molecular weight is 803 g/mol. The molecule has 0 amide bonds. The van der Waals surface area contributed by atoms with Crippen LogP contribution in [0.15, 0.2) is 255 Å². The molecule has 11 aromatic carbocycles. The molecule has 2 heteroatoms. The fraction of sp³-hybridized carbons (Fsp3) is 0.0164. The summed E-state index contributed by atoms with van der Waals surface area (Å²) in [5.74, 6) is 0. The molecule has 12 rings (SSSR count). The Balaban J connectivity index is 1.13. The van der Waals surface area contributed by atoms with Gasteiger partial charge in [0.05, 0.1) is 11.1 Å². The van der Waals surface area contributed by atoms with Crippen LogP contribution in [0.25, 0.3) is 43.4 Å². The first kappa shape index (κ1) is 36.6. The Bertz CT molecular complexity index is 3410. The largest absolute Gasteiger partial charge is 0.310 e. The summed E-state index contributed by atoms with van der Waals surface area (Å²) in [7, 11) is 0. The summed E-state index contributed by atoms with van der Waals surface area (Å²) in [4.78, 5) is 4.82. The minimum absolute atomic E-state index is 0.503. The molecule has 0 fully saturated rings. The third-order valence-corrected chi connectivity index (χ3v) is 13.0. The second-order valence-electron chi connectivity index (χ2n) is 16.5. The van der Waals surface area contributed by atoms with E-state index in [9.17, 15) is 0 Å². The smallest absolute Gasteiger partial charge is 0.0713 e. The third-order valence-electron chi connectivity index (χ3n) is 13.0. The maximum Gasteiger partial charge on any atom is 0.0713 e. The van der Waals surface area contributed by atoms with E-state index in [0.29, 0.717) is 0 Å². The fourth-order valence-electron chi connectivity index (χ4n) is 10.3. The topological polar surface area (TPSA) is 6.48 Å². The Morgan fingerprint density at radius 3 is 1.48 bits per heavy atom. The number of para-hydroxylation sites is 2. The standard InChI is InChI=1S/C61H42N2/c1-5-23-46(24-6-1)61(47-25-7-2-8-26-47)58-35-18-17-34-54(58)56-41-57-55(42-59(56)61)53-33-16-15-22-45(53)39-60(57)63(49-29-11-4-12-30-49)51-32-19-31-50(40-51)62(48-27-9-3-10-28-48)52-37-36-43-20-13-14-21-44(43)38-52/h1-42H. The number of nitrogens with zero attached hydrogens (tertiary/aromatic N) is 2. The summed E-state index contributed by atoms with van der Waals surface area (Å²) >= 11 is 0. The van der Waals surface area contributed by atoms with E-state index in [1.807, 2.05) is 0 Å². The van der Waals surface area contributed by atoms with Crippen molar-refractivity contribution in [2.45, 2.75) is 5.41 Å². The summed E-state index contributed by atoms with van der Waals surface area (Å²) in [5, 5.41) is 7.28. The Morgan fingerprint density at radius 2 is 0.778 bits per heavy atom. The van der Waals surface area contributed by atoms with Gasteiger partial charge in [-0.1, -0.05) is 182 Å². The molecule has 1 aliphatic rings. The molecule has 0 unspecified atom stereocenters. The predicted octanol–water partition coefficient (Wildman–Crippen LogP) is 16.4. The van der Waals surface area contributed by atoms with Gasteiger partial charge in [0.1, 0.15) is 0 Å². The Hall–Kier alpha value is -8.20. The van der Waals surface area contributed by atoms with Crippen LogP contribution in [0.1, 0.15) is 22.3 Å². The van der Waals surface area contributed by atoms with Crippen LogP contribution in [-0.4, -0.2) is 0 Å². The molecule has 11 aromatic rings. The highest BCUT2D eigenvalue weighted by molar-refractivity contribution is 6.17. The Kier molecular flexibility index (Phi) is 8.76. The molecule has 0 saturated heterocycles. The Labute approximate surface area is 368 Å². The van der Waals surface area contributed by atoms with Crippen LogP contribution in [0.3, 0.4) is 0 Å². The van der Waals surface area contributed by atoms with Gasteiger partial charge in [-0.2, -0.15) is 0 Å². The van der Waals surface area contributed by atoms with Crippen LogP contribution < -0.4 is 9.80 Å². The molecular formula is C61H42N2. The van der Waals surface area contributed by atoms with Gasteiger partial charge in [-0.05, 0) is 133 Å². The molecule has 0 radical (unpaired) electrons. The normalized spacial score (nSPS) is 12.6. The SMILES string of the molecule is c1ccc(N(c2cccc(N(c3ccccc3)c3cc4ccccc4c4cc5c(cc34)-c3ccccc3C5(c3ccccc3)c3ccccc3)c2)c2ccc3ccccc3c2)cc1. The molecule has 0 spiro atoms. The van der Waals surface area contributed by atoms with Gasteiger partial charge in [0.2, 0.25) is 0 Å². The second-order valence-corrected chi connectivity index (χ2v) is 16.5. The molecule has 0 heterocycles. The summed E-state index contributed by atoms with van der Waals surface area (Å²) < 4.78 is 0. The first-order valence-electron chi connectivity index (χ1n) is 21.8. The van der Waals surface area contributed by atoms with Crippen molar-refractivity contribution in [1.82, 2.24) is 0 Å².